The molecule has 92 valence electrons. The zero-order valence-electron chi connectivity index (χ0n) is 10.1. The van der Waals surface area contributed by atoms with Gasteiger partial charge in [0.15, 0.2) is 0 Å². The van der Waals surface area contributed by atoms with Gasteiger partial charge in [0.05, 0.1) is 7.11 Å². The van der Waals surface area contributed by atoms with Gasteiger partial charge in [0, 0.05) is 20.1 Å². The molecule has 0 spiro atoms. The Kier molecular flexibility index (Phi) is 5.08. The molecule has 1 aliphatic rings. The monoisotopic (exact) mass is 228 g/mol. The highest BCUT2D eigenvalue weighted by atomic mass is 16.5. The predicted molar refractivity (Wildman–Crippen MR) is 60.1 cm³/mol. The first-order valence-corrected chi connectivity index (χ1v) is 5.72. The van der Waals surface area contributed by atoms with Crippen LogP contribution in [-0.4, -0.2) is 55.6 Å². The number of carbonyl (C=O) groups is 2. The predicted octanol–water partition coefficient (Wildman–Crippen LogP) is 1.09. The highest BCUT2D eigenvalue weighted by Gasteiger charge is 2.19. The van der Waals surface area contributed by atoms with Crippen LogP contribution in [0, 0.1) is 0 Å². The minimum Gasteiger partial charge on any atom is -0.453 e. The van der Waals surface area contributed by atoms with Crippen molar-refractivity contribution in [2.24, 2.45) is 0 Å². The first kappa shape index (κ1) is 12.8. The lowest BCUT2D eigenvalue weighted by atomic mass is 10.2. The Hall–Kier alpha value is -1.26. The molecule has 1 saturated heterocycles. The summed E-state index contributed by atoms with van der Waals surface area (Å²) in [5.74, 6) is 0.00907. The molecule has 5 heteroatoms. The Morgan fingerprint density at radius 2 is 1.75 bits per heavy atom. The molecule has 0 radical (unpaired) electrons. The second-order valence-corrected chi connectivity index (χ2v) is 4.12. The van der Waals surface area contributed by atoms with Gasteiger partial charge in [0.25, 0.3) is 0 Å². The molecule has 0 N–H and O–H groups in total. The van der Waals surface area contributed by atoms with Crippen LogP contribution < -0.4 is 0 Å². The molecule has 1 heterocycles. The fourth-order valence-electron chi connectivity index (χ4n) is 1.84. The van der Waals surface area contributed by atoms with Crippen molar-refractivity contribution in [3.05, 3.63) is 0 Å². The van der Waals surface area contributed by atoms with Gasteiger partial charge in [-0.2, -0.15) is 0 Å². The van der Waals surface area contributed by atoms with Crippen molar-refractivity contribution in [2.45, 2.75) is 25.7 Å². The lowest BCUT2D eigenvalue weighted by Crippen LogP contribution is -2.41. The Morgan fingerprint density at radius 3 is 2.25 bits per heavy atom. The van der Waals surface area contributed by atoms with Gasteiger partial charge in [-0.15, -0.1) is 0 Å². The van der Waals surface area contributed by atoms with E-state index < -0.39 is 6.09 Å². The molecule has 0 aromatic rings. The lowest BCUT2D eigenvalue weighted by molar-refractivity contribution is -0.131. The number of carbonyl (C=O) groups excluding carboxylic acids is 2. The van der Waals surface area contributed by atoms with E-state index in [1.54, 1.807) is 7.05 Å². The molecule has 0 saturated carbocycles. The molecule has 1 rings (SSSR count). The van der Waals surface area contributed by atoms with Crippen LogP contribution >= 0.6 is 0 Å². The van der Waals surface area contributed by atoms with Crippen molar-refractivity contribution in [3.8, 4) is 0 Å². The molecule has 5 nitrogen and oxygen atoms in total. The van der Waals surface area contributed by atoms with Crippen LogP contribution in [0.25, 0.3) is 0 Å². The summed E-state index contributed by atoms with van der Waals surface area (Å²) in [6.45, 7) is 1.73. The van der Waals surface area contributed by atoms with Crippen molar-refractivity contribution < 1.29 is 14.3 Å². The van der Waals surface area contributed by atoms with Crippen molar-refractivity contribution in [1.29, 1.82) is 0 Å². The van der Waals surface area contributed by atoms with Gasteiger partial charge in [0.1, 0.15) is 6.54 Å². The molecule has 0 unspecified atom stereocenters. The number of ether oxygens (including phenoxy) is 1. The Balaban J connectivity index is 2.41. The normalized spacial score (nSPS) is 16.5. The van der Waals surface area contributed by atoms with E-state index in [1.807, 2.05) is 4.90 Å². The largest absolute Gasteiger partial charge is 0.453 e. The number of nitrogens with zero attached hydrogens (tertiary/aromatic N) is 2. The molecule has 1 aliphatic heterocycles. The van der Waals surface area contributed by atoms with E-state index in [-0.39, 0.29) is 12.5 Å². The van der Waals surface area contributed by atoms with Crippen LogP contribution in [0.4, 0.5) is 4.79 Å². The third kappa shape index (κ3) is 3.72. The molecule has 0 aromatic heterocycles. The molecular weight excluding hydrogens is 208 g/mol. The number of hydrogen-bond acceptors (Lipinski definition) is 3. The summed E-state index contributed by atoms with van der Waals surface area (Å²) >= 11 is 0. The zero-order chi connectivity index (χ0) is 12.0. The second kappa shape index (κ2) is 6.35. The molecule has 1 fully saturated rings. The van der Waals surface area contributed by atoms with Gasteiger partial charge in [0.2, 0.25) is 5.91 Å². The molecule has 0 atom stereocenters. The number of methoxy groups -OCH3 is 1. The van der Waals surface area contributed by atoms with Crippen molar-refractivity contribution in [3.63, 3.8) is 0 Å². The number of hydrogen-bond donors (Lipinski definition) is 0. The van der Waals surface area contributed by atoms with Gasteiger partial charge in [-0.05, 0) is 12.8 Å². The summed E-state index contributed by atoms with van der Waals surface area (Å²) in [6, 6.07) is 0. The summed E-state index contributed by atoms with van der Waals surface area (Å²) in [4.78, 5) is 26.1. The standard InChI is InChI=1S/C11H20N2O3/c1-12(11(15)16-2)9-10(14)13-7-5-3-4-6-8-13/h3-9H2,1-2H3. The molecule has 0 aromatic carbocycles. The van der Waals surface area contributed by atoms with Crippen LogP contribution in [0.15, 0.2) is 0 Å². The number of rotatable bonds is 2. The zero-order valence-corrected chi connectivity index (χ0v) is 10.1. The van der Waals surface area contributed by atoms with E-state index in [9.17, 15) is 9.59 Å². The van der Waals surface area contributed by atoms with E-state index >= 15 is 0 Å². The summed E-state index contributed by atoms with van der Waals surface area (Å²) in [5.41, 5.74) is 0. The Labute approximate surface area is 96.3 Å². The maximum atomic E-state index is 11.9. The lowest BCUT2D eigenvalue weighted by Gasteiger charge is -2.23. The molecule has 16 heavy (non-hydrogen) atoms. The van der Waals surface area contributed by atoms with E-state index in [4.69, 9.17) is 0 Å². The molecular formula is C11H20N2O3. The summed E-state index contributed by atoms with van der Waals surface area (Å²) < 4.78 is 4.54. The smallest absolute Gasteiger partial charge is 0.409 e. The van der Waals surface area contributed by atoms with E-state index in [2.05, 4.69) is 4.74 Å². The first-order valence-electron chi connectivity index (χ1n) is 5.72. The fourth-order valence-corrected chi connectivity index (χ4v) is 1.84. The van der Waals surface area contributed by atoms with Gasteiger partial charge >= 0.3 is 6.09 Å². The third-order valence-electron chi connectivity index (χ3n) is 2.82. The van der Waals surface area contributed by atoms with E-state index in [0.717, 1.165) is 25.9 Å². The van der Waals surface area contributed by atoms with Gasteiger partial charge in [-0.25, -0.2) is 4.79 Å². The molecule has 2 amide bonds. The Bertz CT molecular complexity index is 248. The van der Waals surface area contributed by atoms with Crippen LogP contribution in [0.2, 0.25) is 0 Å². The number of amides is 2. The summed E-state index contributed by atoms with van der Waals surface area (Å²) in [7, 11) is 2.89. The van der Waals surface area contributed by atoms with E-state index in [1.165, 1.54) is 24.9 Å². The van der Waals surface area contributed by atoms with Gasteiger partial charge < -0.3 is 14.5 Å². The average molecular weight is 228 g/mol. The van der Waals surface area contributed by atoms with Crippen LogP contribution in [-0.2, 0) is 9.53 Å². The molecule has 0 aliphatic carbocycles. The maximum absolute atomic E-state index is 11.9. The highest BCUT2D eigenvalue weighted by Crippen LogP contribution is 2.09. The minimum absolute atomic E-state index is 0.00907. The Morgan fingerprint density at radius 1 is 1.19 bits per heavy atom. The van der Waals surface area contributed by atoms with Crippen LogP contribution in [0.1, 0.15) is 25.7 Å². The third-order valence-corrected chi connectivity index (χ3v) is 2.82. The van der Waals surface area contributed by atoms with Crippen molar-refractivity contribution in [2.75, 3.05) is 33.8 Å². The summed E-state index contributed by atoms with van der Waals surface area (Å²) in [6.07, 6.45) is 4.04. The van der Waals surface area contributed by atoms with Crippen LogP contribution in [0.5, 0.6) is 0 Å². The maximum Gasteiger partial charge on any atom is 0.409 e. The van der Waals surface area contributed by atoms with Gasteiger partial charge in [-0.1, -0.05) is 12.8 Å². The quantitative estimate of drug-likeness (QED) is 0.710. The number of likely N-dealkylation sites (tertiary alicyclic amines) is 1. The van der Waals surface area contributed by atoms with E-state index in [0.29, 0.717) is 0 Å². The average Bonchev–Trinajstić information content (AvgIpc) is 2.56. The van der Waals surface area contributed by atoms with Crippen molar-refractivity contribution in [1.82, 2.24) is 9.80 Å². The first-order chi connectivity index (χ1) is 7.65. The molecule has 0 bridgehead atoms. The highest BCUT2D eigenvalue weighted by molar-refractivity contribution is 5.82. The van der Waals surface area contributed by atoms with Gasteiger partial charge in [-0.3, -0.25) is 4.79 Å². The SMILES string of the molecule is COC(=O)N(C)CC(=O)N1CCCCCC1. The number of likely N-dealkylation sites (N-methyl/N-ethyl adjacent to an activating group) is 1. The second-order valence-electron chi connectivity index (χ2n) is 4.12. The fraction of sp³-hybridized carbons (Fsp3) is 0.818. The van der Waals surface area contributed by atoms with Crippen molar-refractivity contribution >= 4 is 12.0 Å². The summed E-state index contributed by atoms with van der Waals surface area (Å²) in [5, 5.41) is 0. The van der Waals surface area contributed by atoms with Crippen LogP contribution in [0.3, 0.4) is 0 Å². The topological polar surface area (TPSA) is 49.9 Å². The minimum atomic E-state index is -0.469.